The first-order chi connectivity index (χ1) is 16.8. The number of amides is 1. The second-order valence-electron chi connectivity index (χ2n) is 8.43. The fraction of sp³-hybridized carbons (Fsp3) is 0.214. The van der Waals surface area contributed by atoms with Gasteiger partial charge in [0.25, 0.3) is 5.56 Å². The smallest absolute Gasteiger partial charge is 0.266 e. The lowest BCUT2D eigenvalue weighted by Gasteiger charge is -2.17. The number of hydrogen-bond acceptors (Lipinski definition) is 5. The van der Waals surface area contributed by atoms with E-state index >= 15 is 0 Å². The highest BCUT2D eigenvalue weighted by Crippen LogP contribution is 2.26. The fourth-order valence-corrected chi connectivity index (χ4v) is 4.91. The lowest BCUT2D eigenvalue weighted by molar-refractivity contribution is -0.118. The summed E-state index contributed by atoms with van der Waals surface area (Å²) in [7, 11) is 0. The Balaban J connectivity index is 1.61. The standard InChI is InChI=1S/C28H27N3O3S/c1-18-7-6-8-19(2)26(18)31-27(34)23-9-4-5-10-24(23)30-28(31)35-17-25(33)22-13-11-21(12-14-22)15-16-29-20(3)32/h4-14H,15-17H2,1-3H3,(H,29,32). The average Bonchev–Trinajstić information content (AvgIpc) is 2.84. The van der Waals surface area contributed by atoms with Crippen molar-refractivity contribution in [3.8, 4) is 5.69 Å². The molecule has 0 spiro atoms. The summed E-state index contributed by atoms with van der Waals surface area (Å²) in [5.41, 5.74) is 4.84. The van der Waals surface area contributed by atoms with Gasteiger partial charge in [-0.1, -0.05) is 66.4 Å². The first kappa shape index (κ1) is 24.4. The highest BCUT2D eigenvalue weighted by atomic mass is 32.2. The third kappa shape index (κ3) is 5.52. The highest BCUT2D eigenvalue weighted by Gasteiger charge is 2.18. The number of aromatic nitrogens is 2. The maximum Gasteiger partial charge on any atom is 0.266 e. The molecule has 3 aromatic carbocycles. The Morgan fingerprint density at radius 3 is 2.31 bits per heavy atom. The number of carbonyl (C=O) groups is 2. The molecular weight excluding hydrogens is 458 g/mol. The van der Waals surface area contributed by atoms with Gasteiger partial charge in [0.15, 0.2) is 10.9 Å². The van der Waals surface area contributed by atoms with Crippen molar-refractivity contribution < 1.29 is 9.59 Å². The van der Waals surface area contributed by atoms with Gasteiger partial charge in [-0.3, -0.25) is 19.0 Å². The van der Waals surface area contributed by atoms with Gasteiger partial charge in [-0.2, -0.15) is 0 Å². The van der Waals surface area contributed by atoms with Crippen molar-refractivity contribution in [2.45, 2.75) is 32.3 Å². The molecule has 0 saturated heterocycles. The van der Waals surface area contributed by atoms with Crippen LogP contribution in [-0.2, 0) is 11.2 Å². The number of nitrogens with zero attached hydrogens (tertiary/aromatic N) is 2. The predicted molar refractivity (Wildman–Crippen MR) is 141 cm³/mol. The van der Waals surface area contributed by atoms with E-state index in [1.54, 1.807) is 22.8 Å². The molecule has 0 radical (unpaired) electrons. The van der Waals surface area contributed by atoms with Crippen LogP contribution in [0.4, 0.5) is 0 Å². The molecule has 0 atom stereocenters. The van der Waals surface area contributed by atoms with E-state index in [1.807, 2.05) is 62.4 Å². The zero-order valence-corrected chi connectivity index (χ0v) is 20.8. The molecule has 1 aromatic heterocycles. The summed E-state index contributed by atoms with van der Waals surface area (Å²) >= 11 is 1.27. The van der Waals surface area contributed by atoms with Crippen LogP contribution in [-0.4, -0.2) is 33.5 Å². The van der Waals surface area contributed by atoms with Crippen LogP contribution in [0.3, 0.4) is 0 Å². The van der Waals surface area contributed by atoms with E-state index in [4.69, 9.17) is 4.98 Å². The van der Waals surface area contributed by atoms with Gasteiger partial charge in [-0.05, 0) is 49.1 Å². The molecule has 4 rings (SSSR count). The third-order valence-electron chi connectivity index (χ3n) is 5.80. The molecule has 1 amide bonds. The number of carbonyl (C=O) groups excluding carboxylic acids is 2. The molecule has 0 fully saturated rings. The van der Waals surface area contributed by atoms with Crippen LogP contribution < -0.4 is 10.9 Å². The van der Waals surface area contributed by atoms with E-state index in [-0.39, 0.29) is 23.0 Å². The number of rotatable bonds is 8. The summed E-state index contributed by atoms with van der Waals surface area (Å²) in [6.45, 7) is 5.99. The molecule has 6 nitrogen and oxygen atoms in total. The molecule has 0 saturated carbocycles. The Morgan fingerprint density at radius 1 is 0.943 bits per heavy atom. The molecule has 0 aliphatic carbocycles. The molecule has 7 heteroatoms. The molecule has 0 aliphatic heterocycles. The van der Waals surface area contributed by atoms with E-state index in [2.05, 4.69) is 5.32 Å². The van der Waals surface area contributed by atoms with Crippen LogP contribution >= 0.6 is 11.8 Å². The maximum absolute atomic E-state index is 13.5. The number of Topliss-reactive ketones (excluding diaryl/α,β-unsaturated/α-hetero) is 1. The molecule has 178 valence electrons. The van der Waals surface area contributed by atoms with E-state index in [1.165, 1.54) is 18.7 Å². The second-order valence-corrected chi connectivity index (χ2v) is 9.38. The lowest BCUT2D eigenvalue weighted by Crippen LogP contribution is -2.23. The minimum absolute atomic E-state index is 0.0427. The second kappa shape index (κ2) is 10.7. The summed E-state index contributed by atoms with van der Waals surface area (Å²) in [4.78, 5) is 42.3. The predicted octanol–water partition coefficient (Wildman–Crippen LogP) is 4.66. The molecule has 4 aromatic rings. The number of thioether (sulfide) groups is 1. The summed E-state index contributed by atoms with van der Waals surface area (Å²) in [5.74, 6) is 0.0513. The summed E-state index contributed by atoms with van der Waals surface area (Å²) in [6, 6.07) is 20.6. The average molecular weight is 486 g/mol. The zero-order valence-electron chi connectivity index (χ0n) is 20.0. The van der Waals surface area contributed by atoms with Gasteiger partial charge in [0.2, 0.25) is 5.91 Å². The van der Waals surface area contributed by atoms with E-state index < -0.39 is 0 Å². The number of ketones is 1. The van der Waals surface area contributed by atoms with Gasteiger partial charge in [-0.25, -0.2) is 4.98 Å². The SMILES string of the molecule is CC(=O)NCCc1ccc(C(=O)CSc2nc3ccccc3c(=O)n2-c2c(C)cccc2C)cc1. The van der Waals surface area contributed by atoms with Gasteiger partial charge in [0, 0.05) is 19.0 Å². The van der Waals surface area contributed by atoms with Gasteiger partial charge in [-0.15, -0.1) is 0 Å². The zero-order chi connectivity index (χ0) is 24.9. The van der Waals surface area contributed by atoms with Gasteiger partial charge in [0.1, 0.15) is 0 Å². The molecule has 0 aliphatic rings. The van der Waals surface area contributed by atoms with Crippen molar-refractivity contribution in [1.82, 2.24) is 14.9 Å². The number of benzene rings is 3. The number of hydrogen-bond donors (Lipinski definition) is 1. The Hall–Kier alpha value is -3.71. The Kier molecular flexibility index (Phi) is 7.46. The van der Waals surface area contributed by atoms with Gasteiger partial charge >= 0.3 is 0 Å². The third-order valence-corrected chi connectivity index (χ3v) is 6.74. The summed E-state index contributed by atoms with van der Waals surface area (Å²) in [5, 5.41) is 3.80. The van der Waals surface area contributed by atoms with E-state index in [9.17, 15) is 14.4 Å². The maximum atomic E-state index is 13.5. The number of nitrogens with one attached hydrogen (secondary N) is 1. The fourth-order valence-electron chi connectivity index (χ4n) is 4.02. The van der Waals surface area contributed by atoms with Crippen LogP contribution in [0.5, 0.6) is 0 Å². The monoisotopic (exact) mass is 485 g/mol. The van der Waals surface area contributed by atoms with Crippen molar-refractivity contribution in [3.05, 3.63) is 99.3 Å². The van der Waals surface area contributed by atoms with Crippen LogP contribution in [0.25, 0.3) is 16.6 Å². The van der Waals surface area contributed by atoms with Crippen LogP contribution in [0.1, 0.15) is 34.0 Å². The van der Waals surface area contributed by atoms with E-state index in [0.717, 1.165) is 22.4 Å². The van der Waals surface area contributed by atoms with Crippen LogP contribution in [0, 0.1) is 13.8 Å². The topological polar surface area (TPSA) is 81.1 Å². The van der Waals surface area contributed by atoms with Gasteiger partial charge < -0.3 is 5.32 Å². The first-order valence-electron chi connectivity index (χ1n) is 11.4. The first-order valence-corrected chi connectivity index (χ1v) is 12.4. The molecule has 35 heavy (non-hydrogen) atoms. The van der Waals surface area contributed by atoms with Crippen molar-refractivity contribution in [1.29, 1.82) is 0 Å². The number of fused-ring (bicyclic) bond motifs is 1. The molecule has 1 N–H and O–H groups in total. The summed E-state index contributed by atoms with van der Waals surface area (Å²) in [6.07, 6.45) is 0.700. The number of aryl methyl sites for hydroxylation is 2. The minimum Gasteiger partial charge on any atom is -0.356 e. The quantitative estimate of drug-likeness (QED) is 0.223. The largest absolute Gasteiger partial charge is 0.356 e. The molecule has 0 unspecified atom stereocenters. The Labute approximate surface area is 208 Å². The van der Waals surface area contributed by atoms with Crippen molar-refractivity contribution >= 4 is 34.4 Å². The number of para-hydroxylation sites is 2. The molecule has 1 heterocycles. The lowest BCUT2D eigenvalue weighted by atomic mass is 10.1. The Bertz CT molecular complexity index is 1440. The van der Waals surface area contributed by atoms with E-state index in [0.29, 0.717) is 34.6 Å². The highest BCUT2D eigenvalue weighted by molar-refractivity contribution is 7.99. The van der Waals surface area contributed by atoms with Crippen molar-refractivity contribution in [3.63, 3.8) is 0 Å². The van der Waals surface area contributed by atoms with Crippen LogP contribution in [0.2, 0.25) is 0 Å². The van der Waals surface area contributed by atoms with Crippen LogP contribution in [0.15, 0.2) is 76.7 Å². The van der Waals surface area contributed by atoms with Crippen molar-refractivity contribution in [2.24, 2.45) is 0 Å². The van der Waals surface area contributed by atoms with Crippen molar-refractivity contribution in [2.75, 3.05) is 12.3 Å². The minimum atomic E-state index is -0.147. The van der Waals surface area contributed by atoms with Gasteiger partial charge in [0.05, 0.1) is 22.3 Å². The molecule has 0 bridgehead atoms. The normalized spacial score (nSPS) is 10.9. The molecular formula is C28H27N3O3S. The summed E-state index contributed by atoms with van der Waals surface area (Å²) < 4.78 is 1.63. The Morgan fingerprint density at radius 2 is 1.63 bits per heavy atom.